The van der Waals surface area contributed by atoms with Gasteiger partial charge in [-0.1, -0.05) is 42.1 Å². The van der Waals surface area contributed by atoms with Crippen LogP contribution in [0.3, 0.4) is 0 Å². The first-order valence-corrected chi connectivity index (χ1v) is 6.85. The van der Waals surface area contributed by atoms with Gasteiger partial charge in [-0.2, -0.15) is 0 Å². The molecule has 0 aliphatic carbocycles. The zero-order chi connectivity index (χ0) is 13.7. The van der Waals surface area contributed by atoms with E-state index in [4.69, 9.17) is 0 Å². The monoisotopic (exact) mass is 277 g/mol. The predicted octanol–water partition coefficient (Wildman–Crippen LogP) is 1.18. The van der Waals surface area contributed by atoms with E-state index in [1.54, 1.807) is 11.7 Å². The van der Waals surface area contributed by atoms with Gasteiger partial charge < -0.3 is 5.32 Å². The highest BCUT2D eigenvalue weighted by Gasteiger charge is 2.11. The van der Waals surface area contributed by atoms with E-state index in [0.29, 0.717) is 10.9 Å². The molecule has 0 radical (unpaired) electrons. The molecule has 0 saturated carbocycles. The lowest BCUT2D eigenvalue weighted by Crippen LogP contribution is -2.28. The van der Waals surface area contributed by atoms with Gasteiger partial charge in [0, 0.05) is 7.05 Å². The number of aryl methyl sites for hydroxylation is 1. The number of aromatic nitrogens is 4. The average molecular weight is 277 g/mol. The number of rotatable bonds is 5. The Morgan fingerprint density at radius 3 is 2.79 bits per heavy atom. The molecule has 1 N–H and O–H groups in total. The van der Waals surface area contributed by atoms with Crippen molar-refractivity contribution in [1.82, 2.24) is 25.5 Å². The Morgan fingerprint density at radius 1 is 1.42 bits per heavy atom. The van der Waals surface area contributed by atoms with Crippen LogP contribution >= 0.6 is 11.8 Å². The van der Waals surface area contributed by atoms with E-state index in [0.717, 1.165) is 5.56 Å². The Bertz CT molecular complexity index is 542. The number of amides is 1. The van der Waals surface area contributed by atoms with Crippen molar-refractivity contribution >= 4 is 17.7 Å². The van der Waals surface area contributed by atoms with Gasteiger partial charge in [0.2, 0.25) is 11.1 Å². The molecule has 0 fully saturated rings. The lowest BCUT2D eigenvalue weighted by Gasteiger charge is -2.13. The molecule has 7 heteroatoms. The lowest BCUT2D eigenvalue weighted by atomic mass is 10.1. The third-order valence-electron chi connectivity index (χ3n) is 2.59. The van der Waals surface area contributed by atoms with Crippen LogP contribution in [0, 0.1) is 0 Å². The molecule has 6 nitrogen and oxygen atoms in total. The van der Waals surface area contributed by atoms with Crippen molar-refractivity contribution in [3.63, 3.8) is 0 Å². The largest absolute Gasteiger partial charge is 0.349 e. The standard InChI is InChI=1S/C12H15N5OS/c1-9(10-6-4-3-5-7-10)13-11(18)8-19-12-14-15-16-17(12)2/h3-7,9H,8H2,1-2H3,(H,13,18)/t9-/m1/s1. The van der Waals surface area contributed by atoms with Crippen LogP contribution in [0.25, 0.3) is 0 Å². The van der Waals surface area contributed by atoms with Crippen LogP contribution in [-0.4, -0.2) is 31.9 Å². The fourth-order valence-electron chi connectivity index (χ4n) is 1.58. The van der Waals surface area contributed by atoms with Gasteiger partial charge in [0.25, 0.3) is 0 Å². The first-order chi connectivity index (χ1) is 9.16. The van der Waals surface area contributed by atoms with Crippen molar-refractivity contribution in [2.75, 3.05) is 5.75 Å². The van der Waals surface area contributed by atoms with E-state index >= 15 is 0 Å². The molecular formula is C12H15N5OS. The second-order valence-corrected chi connectivity index (χ2v) is 5.02. The topological polar surface area (TPSA) is 72.7 Å². The van der Waals surface area contributed by atoms with Gasteiger partial charge in [-0.25, -0.2) is 4.68 Å². The molecule has 2 rings (SSSR count). The minimum absolute atomic E-state index is 0.00748. The van der Waals surface area contributed by atoms with Crippen molar-refractivity contribution in [1.29, 1.82) is 0 Å². The van der Waals surface area contributed by atoms with Crippen LogP contribution < -0.4 is 5.32 Å². The molecule has 1 aromatic heterocycles. The first-order valence-electron chi connectivity index (χ1n) is 5.86. The number of hydrogen-bond donors (Lipinski definition) is 1. The van der Waals surface area contributed by atoms with Crippen molar-refractivity contribution in [2.45, 2.75) is 18.1 Å². The lowest BCUT2D eigenvalue weighted by molar-refractivity contribution is -0.119. The summed E-state index contributed by atoms with van der Waals surface area (Å²) in [6.45, 7) is 1.96. The molecule has 0 bridgehead atoms. The van der Waals surface area contributed by atoms with E-state index in [9.17, 15) is 4.79 Å². The van der Waals surface area contributed by atoms with E-state index in [1.165, 1.54) is 11.8 Å². The van der Waals surface area contributed by atoms with E-state index in [1.807, 2.05) is 37.3 Å². The van der Waals surface area contributed by atoms with Crippen LogP contribution in [0.1, 0.15) is 18.5 Å². The summed E-state index contributed by atoms with van der Waals surface area (Å²) in [5.74, 6) is 0.259. The van der Waals surface area contributed by atoms with Crippen LogP contribution in [-0.2, 0) is 11.8 Å². The summed E-state index contributed by atoms with van der Waals surface area (Å²) in [5.41, 5.74) is 1.08. The summed E-state index contributed by atoms with van der Waals surface area (Å²) in [4.78, 5) is 11.8. The summed E-state index contributed by atoms with van der Waals surface area (Å²) in [6, 6.07) is 9.84. The predicted molar refractivity (Wildman–Crippen MR) is 72.5 cm³/mol. The SMILES string of the molecule is C[C@@H](NC(=O)CSc1nnnn1C)c1ccccc1. The zero-order valence-corrected chi connectivity index (χ0v) is 11.6. The Morgan fingerprint density at radius 2 is 2.16 bits per heavy atom. The molecule has 0 aliphatic heterocycles. The van der Waals surface area contributed by atoms with Gasteiger partial charge in [-0.15, -0.1) is 5.10 Å². The number of nitrogens with one attached hydrogen (secondary N) is 1. The van der Waals surface area contributed by atoms with Gasteiger partial charge >= 0.3 is 0 Å². The number of thioether (sulfide) groups is 1. The van der Waals surface area contributed by atoms with Crippen molar-refractivity contribution in [3.05, 3.63) is 35.9 Å². The molecule has 0 aliphatic rings. The fraction of sp³-hybridized carbons (Fsp3) is 0.333. The van der Waals surface area contributed by atoms with Crippen molar-refractivity contribution < 1.29 is 4.79 Å². The third kappa shape index (κ3) is 3.78. The number of carbonyl (C=O) groups excluding carboxylic acids is 1. The number of tetrazole rings is 1. The Balaban J connectivity index is 1.83. The number of carbonyl (C=O) groups is 1. The highest BCUT2D eigenvalue weighted by atomic mass is 32.2. The molecule has 1 heterocycles. The highest BCUT2D eigenvalue weighted by Crippen LogP contribution is 2.14. The maximum absolute atomic E-state index is 11.8. The molecule has 0 saturated heterocycles. The summed E-state index contributed by atoms with van der Waals surface area (Å²) >= 11 is 1.31. The summed E-state index contributed by atoms with van der Waals surface area (Å²) in [6.07, 6.45) is 0. The molecular weight excluding hydrogens is 262 g/mol. The molecule has 0 spiro atoms. The summed E-state index contributed by atoms with van der Waals surface area (Å²) in [7, 11) is 1.74. The maximum Gasteiger partial charge on any atom is 0.230 e. The molecule has 1 amide bonds. The quantitative estimate of drug-likeness (QED) is 0.831. The van der Waals surface area contributed by atoms with Gasteiger partial charge in [-0.3, -0.25) is 4.79 Å². The number of hydrogen-bond acceptors (Lipinski definition) is 5. The number of benzene rings is 1. The minimum Gasteiger partial charge on any atom is -0.349 e. The second-order valence-electron chi connectivity index (χ2n) is 4.07. The van der Waals surface area contributed by atoms with Crippen molar-refractivity contribution in [2.24, 2.45) is 7.05 Å². The van der Waals surface area contributed by atoms with E-state index in [-0.39, 0.29) is 11.9 Å². The Hall–Kier alpha value is -1.89. The molecule has 0 unspecified atom stereocenters. The average Bonchev–Trinajstić information content (AvgIpc) is 2.83. The van der Waals surface area contributed by atoms with Gasteiger partial charge in [0.15, 0.2) is 0 Å². The van der Waals surface area contributed by atoms with Gasteiger partial charge in [-0.05, 0) is 22.9 Å². The van der Waals surface area contributed by atoms with Gasteiger partial charge in [0.1, 0.15) is 0 Å². The van der Waals surface area contributed by atoms with E-state index < -0.39 is 0 Å². The zero-order valence-electron chi connectivity index (χ0n) is 10.8. The number of nitrogens with zero attached hydrogens (tertiary/aromatic N) is 4. The summed E-state index contributed by atoms with van der Waals surface area (Å²) < 4.78 is 1.54. The summed E-state index contributed by atoms with van der Waals surface area (Å²) in [5, 5.41) is 14.6. The fourth-order valence-corrected chi connectivity index (χ4v) is 2.24. The molecule has 1 atom stereocenters. The minimum atomic E-state index is -0.0376. The third-order valence-corrected chi connectivity index (χ3v) is 3.60. The molecule has 2 aromatic rings. The van der Waals surface area contributed by atoms with Crippen LogP contribution in [0.2, 0.25) is 0 Å². The van der Waals surface area contributed by atoms with Crippen LogP contribution in [0.15, 0.2) is 35.5 Å². The molecule has 19 heavy (non-hydrogen) atoms. The smallest absolute Gasteiger partial charge is 0.230 e. The normalized spacial score (nSPS) is 12.1. The molecule has 100 valence electrons. The van der Waals surface area contributed by atoms with E-state index in [2.05, 4.69) is 20.8 Å². The Labute approximate surface area is 115 Å². The van der Waals surface area contributed by atoms with Gasteiger partial charge in [0.05, 0.1) is 11.8 Å². The molecule has 1 aromatic carbocycles. The highest BCUT2D eigenvalue weighted by molar-refractivity contribution is 7.99. The Kier molecular flexibility index (Phi) is 4.51. The maximum atomic E-state index is 11.8. The second kappa shape index (κ2) is 6.33. The van der Waals surface area contributed by atoms with Crippen molar-refractivity contribution in [3.8, 4) is 0 Å². The van der Waals surface area contributed by atoms with Crippen LogP contribution in [0.5, 0.6) is 0 Å². The van der Waals surface area contributed by atoms with Crippen LogP contribution in [0.4, 0.5) is 0 Å². The first kappa shape index (κ1) is 13.5.